The van der Waals surface area contributed by atoms with Crippen molar-refractivity contribution in [2.45, 2.75) is 44.6 Å². The number of rotatable bonds is 5. The van der Waals surface area contributed by atoms with Gasteiger partial charge in [-0.3, -0.25) is 4.79 Å². The number of carbonyl (C=O) groups is 1. The smallest absolute Gasteiger partial charge is 0.223 e. The van der Waals surface area contributed by atoms with Crippen LogP contribution >= 0.6 is 12.4 Å². The van der Waals surface area contributed by atoms with Gasteiger partial charge in [0.05, 0.1) is 0 Å². The van der Waals surface area contributed by atoms with Crippen LogP contribution in [0.4, 0.5) is 0 Å². The quantitative estimate of drug-likeness (QED) is 0.803. The molecule has 94 valence electrons. The molecule has 0 radical (unpaired) electrons. The summed E-state index contributed by atoms with van der Waals surface area (Å²) in [6.45, 7) is 2.04. The van der Waals surface area contributed by atoms with E-state index in [4.69, 9.17) is 0 Å². The van der Waals surface area contributed by atoms with Gasteiger partial charge in [0.1, 0.15) is 0 Å². The van der Waals surface area contributed by atoms with E-state index in [2.05, 4.69) is 5.32 Å². The molecule has 1 atom stereocenters. The van der Waals surface area contributed by atoms with Crippen molar-refractivity contribution in [2.75, 3.05) is 20.1 Å². The second-order valence-corrected chi connectivity index (χ2v) is 5.04. The fraction of sp³-hybridized carbons (Fsp3) is 0.917. The molecule has 16 heavy (non-hydrogen) atoms. The second-order valence-electron chi connectivity index (χ2n) is 5.04. The molecule has 3 nitrogen and oxygen atoms in total. The highest BCUT2D eigenvalue weighted by atomic mass is 35.5. The van der Waals surface area contributed by atoms with Crippen LogP contribution in [0.1, 0.15) is 38.5 Å². The lowest BCUT2D eigenvalue weighted by atomic mass is 10.1. The van der Waals surface area contributed by atoms with E-state index in [9.17, 15) is 4.79 Å². The Morgan fingerprint density at radius 2 is 2.12 bits per heavy atom. The summed E-state index contributed by atoms with van der Waals surface area (Å²) < 4.78 is 0. The highest BCUT2D eigenvalue weighted by molar-refractivity contribution is 5.85. The Morgan fingerprint density at radius 3 is 2.69 bits per heavy atom. The number of nitrogens with one attached hydrogen (secondary N) is 1. The zero-order chi connectivity index (χ0) is 10.7. The summed E-state index contributed by atoms with van der Waals surface area (Å²) in [6.07, 6.45) is 7.06. The summed E-state index contributed by atoms with van der Waals surface area (Å²) in [5.74, 6) is 1.24. The molecule has 0 spiro atoms. The normalized spacial score (nSPS) is 23.9. The molecule has 1 N–H and O–H groups in total. The van der Waals surface area contributed by atoms with Crippen molar-refractivity contribution in [1.82, 2.24) is 10.2 Å². The van der Waals surface area contributed by atoms with Crippen molar-refractivity contribution < 1.29 is 4.79 Å². The standard InChI is InChI=1S/C12H22N2O.ClH/c1-14(8-6-10-4-5-10)12(15)9-11-3-2-7-13-11;/h10-11,13H,2-9H2,1H3;1H. The molecule has 2 aliphatic rings. The van der Waals surface area contributed by atoms with Gasteiger partial charge < -0.3 is 10.2 Å². The first kappa shape index (κ1) is 13.8. The van der Waals surface area contributed by atoms with Gasteiger partial charge in [0.15, 0.2) is 0 Å². The summed E-state index contributed by atoms with van der Waals surface area (Å²) >= 11 is 0. The van der Waals surface area contributed by atoms with Gasteiger partial charge in [-0.15, -0.1) is 12.4 Å². The van der Waals surface area contributed by atoms with Crippen molar-refractivity contribution in [2.24, 2.45) is 5.92 Å². The van der Waals surface area contributed by atoms with Gasteiger partial charge >= 0.3 is 0 Å². The topological polar surface area (TPSA) is 32.3 Å². The number of halogens is 1. The predicted molar refractivity (Wildman–Crippen MR) is 67.9 cm³/mol. The first-order valence-corrected chi connectivity index (χ1v) is 6.23. The molecule has 1 aliphatic carbocycles. The van der Waals surface area contributed by atoms with Gasteiger partial charge in [0.25, 0.3) is 0 Å². The number of amides is 1. The molecule has 1 unspecified atom stereocenters. The molecule has 0 aromatic rings. The van der Waals surface area contributed by atoms with Crippen LogP contribution in [0.25, 0.3) is 0 Å². The van der Waals surface area contributed by atoms with Gasteiger partial charge in [-0.1, -0.05) is 12.8 Å². The van der Waals surface area contributed by atoms with Crippen LogP contribution < -0.4 is 5.32 Å². The zero-order valence-corrected chi connectivity index (χ0v) is 10.9. The molecule has 1 heterocycles. The van der Waals surface area contributed by atoms with Crippen LogP contribution in [-0.2, 0) is 4.79 Å². The Morgan fingerprint density at radius 1 is 1.38 bits per heavy atom. The average Bonchev–Trinajstić information content (AvgIpc) is 2.92. The lowest BCUT2D eigenvalue weighted by Crippen LogP contribution is -2.34. The summed E-state index contributed by atoms with van der Waals surface area (Å²) in [7, 11) is 1.94. The van der Waals surface area contributed by atoms with E-state index in [-0.39, 0.29) is 12.4 Å². The molecule has 1 saturated heterocycles. The highest BCUT2D eigenvalue weighted by Crippen LogP contribution is 2.32. The minimum absolute atomic E-state index is 0. The Labute approximate surface area is 104 Å². The average molecular weight is 247 g/mol. The monoisotopic (exact) mass is 246 g/mol. The van der Waals surface area contributed by atoms with Crippen LogP contribution in [0, 0.1) is 5.92 Å². The summed E-state index contributed by atoms with van der Waals surface area (Å²) in [6, 6.07) is 0.445. The molecule has 4 heteroatoms. The molecule has 2 rings (SSSR count). The SMILES string of the molecule is CN(CCC1CC1)C(=O)CC1CCCN1.Cl. The maximum absolute atomic E-state index is 11.8. The van der Waals surface area contributed by atoms with E-state index < -0.39 is 0 Å². The molecule has 1 amide bonds. The van der Waals surface area contributed by atoms with E-state index in [0.717, 1.165) is 19.0 Å². The molecule has 1 saturated carbocycles. The predicted octanol–water partition coefficient (Wildman–Crippen LogP) is 1.81. The van der Waals surface area contributed by atoms with E-state index in [1.165, 1.54) is 32.1 Å². The van der Waals surface area contributed by atoms with Gasteiger partial charge in [-0.2, -0.15) is 0 Å². The molecular formula is C12H23ClN2O. The van der Waals surface area contributed by atoms with E-state index in [1.54, 1.807) is 0 Å². The third kappa shape index (κ3) is 4.30. The van der Waals surface area contributed by atoms with E-state index in [1.807, 2.05) is 11.9 Å². The molecule has 0 aromatic carbocycles. The molecule has 0 bridgehead atoms. The van der Waals surface area contributed by atoms with E-state index in [0.29, 0.717) is 18.4 Å². The number of carbonyl (C=O) groups excluding carboxylic acids is 1. The number of hydrogen-bond acceptors (Lipinski definition) is 2. The summed E-state index contributed by atoms with van der Waals surface area (Å²) in [5, 5.41) is 3.37. The minimum Gasteiger partial charge on any atom is -0.346 e. The fourth-order valence-corrected chi connectivity index (χ4v) is 2.21. The van der Waals surface area contributed by atoms with Crippen LogP contribution in [-0.4, -0.2) is 37.0 Å². The van der Waals surface area contributed by atoms with Gasteiger partial charge in [-0.25, -0.2) is 0 Å². The van der Waals surface area contributed by atoms with Crippen LogP contribution in [0.15, 0.2) is 0 Å². The lowest BCUT2D eigenvalue weighted by Gasteiger charge is -2.19. The van der Waals surface area contributed by atoms with Crippen LogP contribution in [0.2, 0.25) is 0 Å². The van der Waals surface area contributed by atoms with Crippen LogP contribution in [0.3, 0.4) is 0 Å². The Balaban J connectivity index is 0.00000128. The third-order valence-electron chi connectivity index (χ3n) is 3.58. The lowest BCUT2D eigenvalue weighted by molar-refractivity contribution is -0.130. The molecule has 2 fully saturated rings. The Bertz CT molecular complexity index is 225. The molecular weight excluding hydrogens is 224 g/mol. The maximum atomic E-state index is 11.8. The minimum atomic E-state index is 0. The summed E-state index contributed by atoms with van der Waals surface area (Å²) in [4.78, 5) is 13.7. The van der Waals surface area contributed by atoms with Gasteiger partial charge in [0.2, 0.25) is 5.91 Å². The number of hydrogen-bond donors (Lipinski definition) is 1. The molecule has 0 aromatic heterocycles. The fourth-order valence-electron chi connectivity index (χ4n) is 2.21. The highest BCUT2D eigenvalue weighted by Gasteiger charge is 2.23. The first-order chi connectivity index (χ1) is 7.25. The van der Waals surface area contributed by atoms with Crippen LogP contribution in [0.5, 0.6) is 0 Å². The Kier molecular flexibility index (Phi) is 5.56. The first-order valence-electron chi connectivity index (χ1n) is 6.23. The van der Waals surface area contributed by atoms with Crippen molar-refractivity contribution >= 4 is 18.3 Å². The van der Waals surface area contributed by atoms with Gasteiger partial charge in [0, 0.05) is 26.1 Å². The third-order valence-corrected chi connectivity index (χ3v) is 3.58. The molecule has 1 aliphatic heterocycles. The Hall–Kier alpha value is -0.280. The maximum Gasteiger partial charge on any atom is 0.223 e. The zero-order valence-electron chi connectivity index (χ0n) is 10.1. The second kappa shape index (κ2) is 6.45. The van der Waals surface area contributed by atoms with Gasteiger partial charge in [-0.05, 0) is 31.7 Å². The van der Waals surface area contributed by atoms with Crippen molar-refractivity contribution in [1.29, 1.82) is 0 Å². The van der Waals surface area contributed by atoms with Crippen molar-refractivity contribution in [3.8, 4) is 0 Å². The largest absolute Gasteiger partial charge is 0.346 e. The van der Waals surface area contributed by atoms with Crippen molar-refractivity contribution in [3.63, 3.8) is 0 Å². The summed E-state index contributed by atoms with van der Waals surface area (Å²) in [5.41, 5.74) is 0. The van der Waals surface area contributed by atoms with E-state index >= 15 is 0 Å². The van der Waals surface area contributed by atoms with Crippen molar-refractivity contribution in [3.05, 3.63) is 0 Å². The number of nitrogens with zero attached hydrogens (tertiary/aromatic N) is 1.